The van der Waals surface area contributed by atoms with Crippen LogP contribution >= 0.6 is 0 Å². The molecule has 6 heteroatoms. The van der Waals surface area contributed by atoms with Gasteiger partial charge in [0.2, 0.25) is 0 Å². The van der Waals surface area contributed by atoms with Crippen LogP contribution in [0.3, 0.4) is 0 Å². The molecule has 19 heavy (non-hydrogen) atoms. The fourth-order valence-corrected chi connectivity index (χ4v) is 1.48. The van der Waals surface area contributed by atoms with Crippen molar-refractivity contribution < 1.29 is 13.9 Å². The van der Waals surface area contributed by atoms with Crippen molar-refractivity contribution in [2.75, 3.05) is 6.61 Å². The highest BCUT2D eigenvalue weighted by Gasteiger charge is 2.09. The predicted molar refractivity (Wildman–Crippen MR) is 67.6 cm³/mol. The molecule has 0 fully saturated rings. The zero-order chi connectivity index (χ0) is 13.7. The Morgan fingerprint density at radius 1 is 1.21 bits per heavy atom. The van der Waals surface area contributed by atoms with Crippen molar-refractivity contribution in [3.05, 3.63) is 42.0 Å². The summed E-state index contributed by atoms with van der Waals surface area (Å²) >= 11 is 0. The molecule has 0 radical (unpaired) electrons. The van der Waals surface area contributed by atoms with E-state index in [0.29, 0.717) is 24.7 Å². The number of ether oxygens (including phenoxy) is 2. The first kappa shape index (κ1) is 13.2. The molecular weight excluding hydrogens is 249 g/mol. The molecule has 0 spiro atoms. The summed E-state index contributed by atoms with van der Waals surface area (Å²) in [6.45, 7) is 2.77. The lowest BCUT2D eigenvalue weighted by Gasteiger charge is -2.11. The number of hydrogen-bond acceptors (Lipinski definition) is 5. The summed E-state index contributed by atoms with van der Waals surface area (Å²) in [5.41, 5.74) is 6.50. The molecule has 0 unspecified atom stereocenters. The van der Waals surface area contributed by atoms with Gasteiger partial charge in [-0.15, -0.1) is 0 Å². The largest absolute Gasteiger partial charge is 0.490 e. The highest BCUT2D eigenvalue weighted by Crippen LogP contribution is 2.31. The summed E-state index contributed by atoms with van der Waals surface area (Å²) in [6, 6.07) is 5.40. The third kappa shape index (κ3) is 3.38. The summed E-state index contributed by atoms with van der Waals surface area (Å²) in [5, 5.41) is 0. The zero-order valence-electron chi connectivity index (χ0n) is 10.5. The van der Waals surface area contributed by atoms with E-state index in [1.807, 2.05) is 13.0 Å². The fraction of sp³-hybridized carbons (Fsp3) is 0.231. The van der Waals surface area contributed by atoms with E-state index in [4.69, 9.17) is 15.2 Å². The van der Waals surface area contributed by atoms with E-state index in [1.165, 1.54) is 0 Å². The van der Waals surface area contributed by atoms with E-state index in [9.17, 15) is 4.39 Å². The smallest absolute Gasteiger partial charge is 0.322 e. The van der Waals surface area contributed by atoms with Crippen molar-refractivity contribution in [1.82, 2.24) is 9.97 Å². The van der Waals surface area contributed by atoms with Crippen molar-refractivity contribution in [1.29, 1.82) is 0 Å². The maximum atomic E-state index is 12.7. The normalized spacial score (nSPS) is 10.3. The second kappa shape index (κ2) is 6.10. The first-order chi connectivity index (χ1) is 9.22. The highest BCUT2D eigenvalue weighted by atomic mass is 19.1. The molecule has 0 aliphatic rings. The molecule has 0 aliphatic heterocycles. The molecule has 2 aromatic rings. The van der Waals surface area contributed by atoms with Gasteiger partial charge in [-0.25, -0.2) is 14.4 Å². The van der Waals surface area contributed by atoms with E-state index >= 15 is 0 Å². The van der Waals surface area contributed by atoms with E-state index in [-0.39, 0.29) is 6.01 Å². The molecule has 5 nitrogen and oxygen atoms in total. The molecule has 100 valence electrons. The second-order valence-corrected chi connectivity index (χ2v) is 3.70. The number of rotatable bonds is 5. The number of nitrogens with zero attached hydrogens (tertiary/aromatic N) is 2. The van der Waals surface area contributed by atoms with Gasteiger partial charge in [-0.05, 0) is 24.6 Å². The van der Waals surface area contributed by atoms with Crippen molar-refractivity contribution in [3.63, 3.8) is 0 Å². The number of halogens is 1. The van der Waals surface area contributed by atoms with Crippen molar-refractivity contribution in [2.24, 2.45) is 5.73 Å². The van der Waals surface area contributed by atoms with Crippen LogP contribution in [0.4, 0.5) is 4.39 Å². The molecule has 2 N–H and O–H groups in total. The minimum atomic E-state index is -0.518. The van der Waals surface area contributed by atoms with Gasteiger partial charge in [-0.3, -0.25) is 0 Å². The number of hydrogen-bond donors (Lipinski definition) is 1. The minimum absolute atomic E-state index is 0.0582. The molecule has 2 rings (SSSR count). The molecule has 1 aromatic heterocycles. The average Bonchev–Trinajstić information content (AvgIpc) is 2.43. The van der Waals surface area contributed by atoms with Crippen LogP contribution < -0.4 is 15.2 Å². The maximum Gasteiger partial charge on any atom is 0.322 e. The van der Waals surface area contributed by atoms with Crippen LogP contribution in [0.1, 0.15) is 12.5 Å². The van der Waals surface area contributed by atoms with Gasteiger partial charge in [0.1, 0.15) is 0 Å². The quantitative estimate of drug-likeness (QED) is 0.896. The molecule has 0 atom stereocenters. The molecular formula is C13H14FN3O2. The van der Waals surface area contributed by atoms with Crippen LogP contribution in [0.5, 0.6) is 17.5 Å². The van der Waals surface area contributed by atoms with Gasteiger partial charge in [-0.2, -0.15) is 0 Å². The van der Waals surface area contributed by atoms with Crippen LogP contribution in [0.2, 0.25) is 0 Å². The molecule has 1 heterocycles. The Morgan fingerprint density at radius 3 is 2.58 bits per heavy atom. The SMILES string of the molecule is CCOc1cc(CN)ccc1Oc1ncc(F)cn1. The standard InChI is InChI=1S/C13H14FN3O2/c1-2-18-12-5-9(6-15)3-4-11(12)19-13-16-7-10(14)8-17-13/h3-5,7-8H,2,6,15H2,1H3. The molecule has 0 aliphatic carbocycles. The minimum Gasteiger partial charge on any atom is -0.490 e. The zero-order valence-corrected chi connectivity index (χ0v) is 10.5. The summed E-state index contributed by atoms with van der Waals surface area (Å²) in [6.07, 6.45) is 2.08. The number of aromatic nitrogens is 2. The fourth-order valence-electron chi connectivity index (χ4n) is 1.48. The van der Waals surface area contributed by atoms with Crippen LogP contribution in [-0.2, 0) is 6.54 Å². The van der Waals surface area contributed by atoms with Crippen molar-refractivity contribution in [3.8, 4) is 17.5 Å². The third-order valence-corrected chi connectivity index (χ3v) is 2.34. The first-order valence-electron chi connectivity index (χ1n) is 5.84. The first-order valence-corrected chi connectivity index (χ1v) is 5.84. The Morgan fingerprint density at radius 2 is 1.95 bits per heavy atom. The number of benzene rings is 1. The lowest BCUT2D eigenvalue weighted by Crippen LogP contribution is -2.01. The predicted octanol–water partition coefficient (Wildman–Crippen LogP) is 2.27. The van der Waals surface area contributed by atoms with Gasteiger partial charge < -0.3 is 15.2 Å². The van der Waals surface area contributed by atoms with E-state index < -0.39 is 5.82 Å². The van der Waals surface area contributed by atoms with Crippen molar-refractivity contribution >= 4 is 0 Å². The van der Waals surface area contributed by atoms with E-state index in [2.05, 4.69) is 9.97 Å². The Kier molecular flexibility index (Phi) is 4.25. The van der Waals surface area contributed by atoms with Gasteiger partial charge in [0.15, 0.2) is 17.3 Å². The number of nitrogens with two attached hydrogens (primary N) is 1. The molecule has 0 saturated heterocycles. The van der Waals surface area contributed by atoms with Crippen LogP contribution in [0.25, 0.3) is 0 Å². The third-order valence-electron chi connectivity index (χ3n) is 2.34. The molecule has 0 bridgehead atoms. The van der Waals surface area contributed by atoms with Gasteiger partial charge in [-0.1, -0.05) is 6.07 Å². The van der Waals surface area contributed by atoms with Gasteiger partial charge in [0.25, 0.3) is 0 Å². The Labute approximate surface area is 110 Å². The Balaban J connectivity index is 2.25. The monoisotopic (exact) mass is 263 g/mol. The maximum absolute atomic E-state index is 12.7. The lowest BCUT2D eigenvalue weighted by molar-refractivity contribution is 0.316. The van der Waals surface area contributed by atoms with Crippen LogP contribution in [-0.4, -0.2) is 16.6 Å². The topological polar surface area (TPSA) is 70.3 Å². The second-order valence-electron chi connectivity index (χ2n) is 3.70. The summed E-state index contributed by atoms with van der Waals surface area (Å²) in [5.74, 6) is 0.500. The molecule has 1 aromatic carbocycles. The van der Waals surface area contributed by atoms with E-state index in [1.54, 1.807) is 12.1 Å². The molecule has 0 saturated carbocycles. The Hall–Kier alpha value is -2.21. The van der Waals surface area contributed by atoms with Crippen molar-refractivity contribution in [2.45, 2.75) is 13.5 Å². The van der Waals surface area contributed by atoms with E-state index in [0.717, 1.165) is 18.0 Å². The average molecular weight is 263 g/mol. The van der Waals surface area contributed by atoms with Crippen LogP contribution in [0.15, 0.2) is 30.6 Å². The molecule has 0 amide bonds. The summed E-state index contributed by atoms with van der Waals surface area (Å²) in [4.78, 5) is 7.46. The summed E-state index contributed by atoms with van der Waals surface area (Å²) in [7, 11) is 0. The highest BCUT2D eigenvalue weighted by molar-refractivity contribution is 5.44. The Bertz CT molecular complexity index is 546. The van der Waals surface area contributed by atoms with Gasteiger partial charge in [0, 0.05) is 6.54 Å². The van der Waals surface area contributed by atoms with Crippen LogP contribution in [0, 0.1) is 5.82 Å². The summed E-state index contributed by atoms with van der Waals surface area (Å²) < 4.78 is 23.6. The lowest BCUT2D eigenvalue weighted by atomic mass is 10.2. The van der Waals surface area contributed by atoms with Gasteiger partial charge in [0.05, 0.1) is 19.0 Å². The van der Waals surface area contributed by atoms with Gasteiger partial charge >= 0.3 is 6.01 Å².